The normalized spacial score (nSPS) is 10.9. The fourth-order valence-electron chi connectivity index (χ4n) is 1.07. The summed E-state index contributed by atoms with van der Waals surface area (Å²) < 4.78 is 1.31. The van der Waals surface area contributed by atoms with Gasteiger partial charge in [-0.3, -0.25) is 0 Å². The third kappa shape index (κ3) is 2.49. The molecule has 2 N–H and O–H groups in total. The fourth-order valence-corrected chi connectivity index (χ4v) is 3.54. The molecule has 80 valence electrons. The molecule has 3 nitrogen and oxygen atoms in total. The Labute approximate surface area is 105 Å². The second-order valence-electron chi connectivity index (χ2n) is 2.78. The lowest BCUT2D eigenvalue weighted by molar-refractivity contribution is 0.913. The molecule has 0 amide bonds. The molecule has 2 heterocycles. The molecule has 0 saturated carbocycles. The number of aromatic nitrogens is 2. The summed E-state index contributed by atoms with van der Waals surface area (Å²) >= 11 is 14.7. The number of hydrogen-bond donors (Lipinski definition) is 1. The Kier molecular flexibility index (Phi) is 3.58. The zero-order chi connectivity index (χ0) is 10.8. The Balaban J connectivity index is 2.32. The van der Waals surface area contributed by atoms with Gasteiger partial charge in [-0.1, -0.05) is 34.5 Å². The molecule has 0 aliphatic carbocycles. The molecule has 0 unspecified atom stereocenters. The van der Waals surface area contributed by atoms with Crippen molar-refractivity contribution < 1.29 is 0 Å². The molecule has 0 aliphatic rings. The van der Waals surface area contributed by atoms with Gasteiger partial charge >= 0.3 is 0 Å². The van der Waals surface area contributed by atoms with Crippen molar-refractivity contribution in [3.63, 3.8) is 0 Å². The van der Waals surface area contributed by atoms with E-state index >= 15 is 0 Å². The highest BCUT2D eigenvalue weighted by Crippen LogP contribution is 2.39. The van der Waals surface area contributed by atoms with E-state index in [1.165, 1.54) is 22.7 Å². The third-order valence-corrected chi connectivity index (χ3v) is 4.22. The average molecular weight is 280 g/mol. The monoisotopic (exact) mass is 279 g/mol. The average Bonchev–Trinajstić information content (AvgIpc) is 2.73. The Morgan fingerprint density at radius 2 is 2.07 bits per heavy atom. The van der Waals surface area contributed by atoms with E-state index in [2.05, 4.69) is 10.2 Å². The van der Waals surface area contributed by atoms with E-state index < -0.39 is 0 Å². The van der Waals surface area contributed by atoms with Crippen LogP contribution in [0.4, 0.5) is 0 Å². The minimum atomic E-state index is 0.576. The van der Waals surface area contributed by atoms with Crippen LogP contribution in [0.3, 0.4) is 0 Å². The molecule has 0 aliphatic heterocycles. The first-order valence-electron chi connectivity index (χ1n) is 4.18. The highest BCUT2D eigenvalue weighted by atomic mass is 35.5. The van der Waals surface area contributed by atoms with Crippen LogP contribution in [0.2, 0.25) is 8.67 Å². The Morgan fingerprint density at radius 1 is 1.27 bits per heavy atom. The lowest BCUT2D eigenvalue weighted by atomic mass is 10.4. The summed E-state index contributed by atoms with van der Waals surface area (Å²) in [5.74, 6) is 0. The quantitative estimate of drug-likeness (QED) is 0.940. The van der Waals surface area contributed by atoms with Crippen LogP contribution in [0, 0.1) is 0 Å². The van der Waals surface area contributed by atoms with Crippen molar-refractivity contribution in [2.45, 2.75) is 6.42 Å². The van der Waals surface area contributed by atoms with Crippen LogP contribution < -0.4 is 5.73 Å². The number of halogens is 2. The third-order valence-electron chi connectivity index (χ3n) is 1.71. The molecule has 0 fully saturated rings. The zero-order valence-electron chi connectivity index (χ0n) is 7.54. The predicted octanol–water partition coefficient (Wildman–Crippen LogP) is 3.07. The van der Waals surface area contributed by atoms with Crippen LogP contribution in [0.1, 0.15) is 5.01 Å². The van der Waals surface area contributed by atoms with Gasteiger partial charge in [0.2, 0.25) is 0 Å². The minimum absolute atomic E-state index is 0.576. The molecule has 15 heavy (non-hydrogen) atoms. The fraction of sp³-hybridized carbons (Fsp3) is 0.250. The first-order valence-corrected chi connectivity index (χ1v) is 6.57. The lowest BCUT2D eigenvalue weighted by Crippen LogP contribution is -2.01. The summed E-state index contributed by atoms with van der Waals surface area (Å²) in [7, 11) is 0. The predicted molar refractivity (Wildman–Crippen MR) is 66.0 cm³/mol. The van der Waals surface area contributed by atoms with E-state index in [0.717, 1.165) is 22.0 Å². The standard InChI is InChI=1S/C8H7Cl2N3S2/c9-5-3-4(7(10)14-5)8-13-12-6(15-8)1-2-11/h3H,1-2,11H2. The second kappa shape index (κ2) is 4.76. The summed E-state index contributed by atoms with van der Waals surface area (Å²) in [6.07, 6.45) is 0.743. The molecule has 7 heteroatoms. The van der Waals surface area contributed by atoms with Crippen LogP contribution in [0.5, 0.6) is 0 Å². The van der Waals surface area contributed by atoms with Crippen LogP contribution in [0.15, 0.2) is 6.07 Å². The summed E-state index contributed by atoms with van der Waals surface area (Å²) in [4.78, 5) is 0. The Hall–Kier alpha value is -0.200. The van der Waals surface area contributed by atoms with Crippen molar-refractivity contribution in [2.24, 2.45) is 5.73 Å². The van der Waals surface area contributed by atoms with E-state index in [1.54, 1.807) is 6.07 Å². The first kappa shape index (κ1) is 11.3. The van der Waals surface area contributed by atoms with Gasteiger partial charge < -0.3 is 5.73 Å². The van der Waals surface area contributed by atoms with Crippen molar-refractivity contribution in [3.8, 4) is 10.6 Å². The summed E-state index contributed by atoms with van der Waals surface area (Å²) in [5.41, 5.74) is 6.29. The number of nitrogens with two attached hydrogens (primary N) is 1. The molecule has 2 rings (SSSR count). The largest absolute Gasteiger partial charge is 0.330 e. The topological polar surface area (TPSA) is 51.8 Å². The smallest absolute Gasteiger partial charge is 0.150 e. The minimum Gasteiger partial charge on any atom is -0.330 e. The van der Waals surface area contributed by atoms with Gasteiger partial charge in [-0.05, 0) is 12.6 Å². The van der Waals surface area contributed by atoms with E-state index in [4.69, 9.17) is 28.9 Å². The highest BCUT2D eigenvalue weighted by molar-refractivity contribution is 7.21. The Bertz CT molecular complexity index is 466. The highest BCUT2D eigenvalue weighted by Gasteiger charge is 2.12. The summed E-state index contributed by atoms with van der Waals surface area (Å²) in [5, 5.41) is 9.80. The van der Waals surface area contributed by atoms with E-state index in [1.807, 2.05) is 0 Å². The maximum Gasteiger partial charge on any atom is 0.150 e. The maximum atomic E-state index is 6.01. The molecule has 0 atom stereocenters. The van der Waals surface area contributed by atoms with Gasteiger partial charge in [0.05, 0.1) is 4.34 Å². The van der Waals surface area contributed by atoms with Gasteiger partial charge in [-0.2, -0.15) is 0 Å². The van der Waals surface area contributed by atoms with Gasteiger partial charge in [0.15, 0.2) is 0 Å². The van der Waals surface area contributed by atoms with E-state index in [-0.39, 0.29) is 0 Å². The molecular weight excluding hydrogens is 273 g/mol. The number of hydrogen-bond acceptors (Lipinski definition) is 5. The lowest BCUT2D eigenvalue weighted by Gasteiger charge is -1.88. The number of nitrogens with zero attached hydrogens (tertiary/aromatic N) is 2. The summed E-state index contributed by atoms with van der Waals surface area (Å²) in [6.45, 7) is 0.576. The van der Waals surface area contributed by atoms with Gasteiger partial charge in [-0.15, -0.1) is 21.5 Å². The van der Waals surface area contributed by atoms with Crippen molar-refractivity contribution in [1.82, 2.24) is 10.2 Å². The molecule has 2 aromatic rings. The van der Waals surface area contributed by atoms with Crippen LogP contribution in [0.25, 0.3) is 10.6 Å². The van der Waals surface area contributed by atoms with Crippen LogP contribution in [-0.4, -0.2) is 16.7 Å². The second-order valence-corrected chi connectivity index (χ2v) is 6.13. The maximum absolute atomic E-state index is 6.01. The van der Waals surface area contributed by atoms with Crippen molar-refractivity contribution in [1.29, 1.82) is 0 Å². The SMILES string of the molecule is NCCc1nnc(-c2cc(Cl)sc2Cl)s1. The molecule has 0 bridgehead atoms. The molecule has 0 spiro atoms. The van der Waals surface area contributed by atoms with Crippen LogP contribution >= 0.6 is 45.9 Å². The number of thiophene rings is 1. The Morgan fingerprint density at radius 3 is 2.67 bits per heavy atom. The van der Waals surface area contributed by atoms with Gasteiger partial charge in [0.25, 0.3) is 0 Å². The zero-order valence-corrected chi connectivity index (χ0v) is 10.7. The van der Waals surface area contributed by atoms with E-state index in [9.17, 15) is 0 Å². The van der Waals surface area contributed by atoms with Gasteiger partial charge in [0.1, 0.15) is 14.4 Å². The van der Waals surface area contributed by atoms with Crippen LogP contribution in [-0.2, 0) is 6.42 Å². The molecule has 0 aromatic carbocycles. The van der Waals surface area contributed by atoms with Crippen molar-refractivity contribution >= 4 is 45.9 Å². The van der Waals surface area contributed by atoms with E-state index in [0.29, 0.717) is 15.2 Å². The molecule has 2 aromatic heterocycles. The van der Waals surface area contributed by atoms with Crippen molar-refractivity contribution in [2.75, 3.05) is 6.54 Å². The van der Waals surface area contributed by atoms with Crippen molar-refractivity contribution in [3.05, 3.63) is 19.7 Å². The summed E-state index contributed by atoms with van der Waals surface area (Å²) in [6, 6.07) is 1.81. The molecular formula is C8H7Cl2N3S2. The first-order chi connectivity index (χ1) is 7.20. The number of rotatable bonds is 3. The molecule has 0 radical (unpaired) electrons. The van der Waals surface area contributed by atoms with Gasteiger partial charge in [-0.25, -0.2) is 0 Å². The van der Waals surface area contributed by atoms with Gasteiger partial charge in [0, 0.05) is 12.0 Å². The molecule has 0 saturated heterocycles.